The molecule has 0 atom stereocenters. The molecule has 0 radical (unpaired) electrons. The molecule has 0 aliphatic rings. The van der Waals surface area contributed by atoms with Gasteiger partial charge in [-0.1, -0.05) is 57.5 Å². The van der Waals surface area contributed by atoms with Crippen LogP contribution in [0, 0.1) is 6.92 Å². The molecule has 0 unspecified atom stereocenters. The molecule has 0 bridgehead atoms. The van der Waals surface area contributed by atoms with Gasteiger partial charge in [0.2, 0.25) is 0 Å². The van der Waals surface area contributed by atoms with E-state index >= 15 is 0 Å². The molecule has 0 heterocycles. The lowest BCUT2D eigenvalue weighted by atomic mass is 10.1. The average molecular weight is 281 g/mol. The first kappa shape index (κ1) is 21.4. The molecule has 1 aromatic carbocycles. The van der Waals surface area contributed by atoms with Gasteiger partial charge in [0, 0.05) is 13.1 Å². The van der Waals surface area contributed by atoms with Crippen molar-refractivity contribution < 1.29 is 4.74 Å². The molecular formula is C18H35NO. The SMILES string of the molecule is CC.CC.Cc1ccc(CNCCOC(C)(C)C)cc1. The molecule has 1 N–H and O–H groups in total. The lowest BCUT2D eigenvalue weighted by molar-refractivity contribution is -0.000885. The Hall–Kier alpha value is -0.860. The van der Waals surface area contributed by atoms with Gasteiger partial charge < -0.3 is 10.1 Å². The second-order valence-electron chi connectivity index (χ2n) is 5.12. The summed E-state index contributed by atoms with van der Waals surface area (Å²) in [5.74, 6) is 0. The van der Waals surface area contributed by atoms with Crippen LogP contribution in [0.25, 0.3) is 0 Å². The fourth-order valence-electron chi connectivity index (χ4n) is 1.37. The van der Waals surface area contributed by atoms with E-state index in [1.54, 1.807) is 0 Å². The molecule has 118 valence electrons. The van der Waals surface area contributed by atoms with Crippen molar-refractivity contribution in [3.63, 3.8) is 0 Å². The van der Waals surface area contributed by atoms with Crippen LogP contribution in [-0.2, 0) is 11.3 Å². The van der Waals surface area contributed by atoms with Crippen LogP contribution in [0.1, 0.15) is 59.6 Å². The maximum absolute atomic E-state index is 5.62. The van der Waals surface area contributed by atoms with Gasteiger partial charge in [-0.05, 0) is 33.3 Å². The zero-order valence-electron chi connectivity index (χ0n) is 14.8. The standard InChI is InChI=1S/C14H23NO.2C2H6/c1-12-5-7-13(8-6-12)11-15-9-10-16-14(2,3)4;2*1-2/h5-8,15H,9-11H2,1-4H3;2*1-2H3. The van der Waals surface area contributed by atoms with E-state index in [9.17, 15) is 0 Å². The zero-order valence-corrected chi connectivity index (χ0v) is 14.8. The van der Waals surface area contributed by atoms with Gasteiger partial charge >= 0.3 is 0 Å². The third kappa shape index (κ3) is 13.6. The molecule has 2 heteroatoms. The minimum Gasteiger partial charge on any atom is -0.375 e. The van der Waals surface area contributed by atoms with Gasteiger partial charge in [0.05, 0.1) is 12.2 Å². The van der Waals surface area contributed by atoms with E-state index in [4.69, 9.17) is 4.74 Å². The third-order valence-electron chi connectivity index (χ3n) is 2.26. The van der Waals surface area contributed by atoms with Gasteiger partial charge in [-0.2, -0.15) is 0 Å². The van der Waals surface area contributed by atoms with Crippen LogP contribution in [0.4, 0.5) is 0 Å². The predicted molar refractivity (Wildman–Crippen MR) is 91.3 cm³/mol. The number of rotatable bonds is 5. The molecular weight excluding hydrogens is 246 g/mol. The summed E-state index contributed by atoms with van der Waals surface area (Å²) in [6.45, 7) is 18.9. The molecule has 0 saturated heterocycles. The van der Waals surface area contributed by atoms with Gasteiger partial charge in [-0.15, -0.1) is 0 Å². The van der Waals surface area contributed by atoms with E-state index in [0.29, 0.717) is 0 Å². The Morgan fingerprint density at radius 1 is 0.950 bits per heavy atom. The van der Waals surface area contributed by atoms with E-state index < -0.39 is 0 Å². The molecule has 0 spiro atoms. The van der Waals surface area contributed by atoms with Crippen LogP contribution >= 0.6 is 0 Å². The lowest BCUT2D eigenvalue weighted by Crippen LogP contribution is -2.26. The molecule has 2 nitrogen and oxygen atoms in total. The highest BCUT2D eigenvalue weighted by atomic mass is 16.5. The van der Waals surface area contributed by atoms with E-state index in [1.807, 2.05) is 27.7 Å². The number of hydrogen-bond acceptors (Lipinski definition) is 2. The van der Waals surface area contributed by atoms with Gasteiger partial charge in [-0.3, -0.25) is 0 Å². The quantitative estimate of drug-likeness (QED) is 0.771. The van der Waals surface area contributed by atoms with Crippen molar-refractivity contribution in [3.8, 4) is 0 Å². The van der Waals surface area contributed by atoms with E-state index in [1.165, 1.54) is 11.1 Å². The van der Waals surface area contributed by atoms with E-state index in [-0.39, 0.29) is 5.60 Å². The number of aryl methyl sites for hydroxylation is 1. The Balaban J connectivity index is 0. The van der Waals surface area contributed by atoms with Gasteiger partial charge in [0.25, 0.3) is 0 Å². The highest BCUT2D eigenvalue weighted by molar-refractivity contribution is 5.20. The molecule has 0 fully saturated rings. The maximum Gasteiger partial charge on any atom is 0.0599 e. The van der Waals surface area contributed by atoms with Crippen molar-refractivity contribution in [2.75, 3.05) is 13.2 Å². The smallest absolute Gasteiger partial charge is 0.0599 e. The van der Waals surface area contributed by atoms with Crippen molar-refractivity contribution in [1.29, 1.82) is 0 Å². The molecule has 1 aromatic rings. The van der Waals surface area contributed by atoms with E-state index in [2.05, 4.69) is 57.3 Å². The topological polar surface area (TPSA) is 21.3 Å². The Morgan fingerprint density at radius 2 is 1.45 bits per heavy atom. The second-order valence-corrected chi connectivity index (χ2v) is 5.12. The first-order chi connectivity index (χ1) is 9.47. The van der Waals surface area contributed by atoms with E-state index in [0.717, 1.165) is 19.7 Å². The summed E-state index contributed by atoms with van der Waals surface area (Å²) in [6.07, 6.45) is 0. The number of nitrogens with one attached hydrogen (secondary N) is 1. The first-order valence-corrected chi connectivity index (χ1v) is 7.87. The van der Waals surface area contributed by atoms with Crippen LogP contribution in [0.3, 0.4) is 0 Å². The van der Waals surface area contributed by atoms with Gasteiger partial charge in [-0.25, -0.2) is 0 Å². The second kappa shape index (κ2) is 13.1. The zero-order chi connectivity index (χ0) is 16.0. The predicted octanol–water partition coefficient (Wildman–Crippen LogP) is 4.95. The summed E-state index contributed by atoms with van der Waals surface area (Å²) in [5.41, 5.74) is 2.59. The largest absolute Gasteiger partial charge is 0.375 e. The summed E-state index contributed by atoms with van der Waals surface area (Å²) >= 11 is 0. The summed E-state index contributed by atoms with van der Waals surface area (Å²) < 4.78 is 5.62. The normalized spacial score (nSPS) is 10.0. The Labute approximate surface area is 126 Å². The Bertz CT molecular complexity index is 298. The molecule has 20 heavy (non-hydrogen) atoms. The average Bonchev–Trinajstić information content (AvgIpc) is 2.44. The number of hydrogen-bond donors (Lipinski definition) is 1. The highest BCUT2D eigenvalue weighted by Crippen LogP contribution is 2.05. The van der Waals surface area contributed by atoms with Crippen molar-refractivity contribution in [2.45, 2.75) is 67.5 Å². The van der Waals surface area contributed by atoms with Crippen molar-refractivity contribution in [3.05, 3.63) is 35.4 Å². The lowest BCUT2D eigenvalue weighted by Gasteiger charge is -2.19. The summed E-state index contributed by atoms with van der Waals surface area (Å²) in [7, 11) is 0. The maximum atomic E-state index is 5.62. The summed E-state index contributed by atoms with van der Waals surface area (Å²) in [6, 6.07) is 8.60. The fourth-order valence-corrected chi connectivity index (χ4v) is 1.37. The highest BCUT2D eigenvalue weighted by Gasteiger charge is 2.08. The molecule has 0 saturated carbocycles. The van der Waals surface area contributed by atoms with Crippen LogP contribution in [0.15, 0.2) is 24.3 Å². The number of ether oxygens (including phenoxy) is 1. The van der Waals surface area contributed by atoms with Crippen LogP contribution in [-0.4, -0.2) is 18.8 Å². The monoisotopic (exact) mass is 281 g/mol. The summed E-state index contributed by atoms with van der Waals surface area (Å²) in [4.78, 5) is 0. The molecule has 1 rings (SSSR count). The van der Waals surface area contributed by atoms with Crippen LogP contribution < -0.4 is 5.32 Å². The summed E-state index contributed by atoms with van der Waals surface area (Å²) in [5, 5.41) is 3.37. The first-order valence-electron chi connectivity index (χ1n) is 7.87. The Kier molecular flexibility index (Phi) is 14.1. The van der Waals surface area contributed by atoms with Crippen molar-refractivity contribution in [2.24, 2.45) is 0 Å². The Morgan fingerprint density at radius 3 is 1.90 bits per heavy atom. The van der Waals surface area contributed by atoms with Crippen molar-refractivity contribution >= 4 is 0 Å². The molecule has 0 aliphatic carbocycles. The third-order valence-corrected chi connectivity index (χ3v) is 2.26. The number of benzene rings is 1. The fraction of sp³-hybridized carbons (Fsp3) is 0.667. The minimum atomic E-state index is -0.0362. The van der Waals surface area contributed by atoms with Gasteiger partial charge in [0.15, 0.2) is 0 Å². The minimum absolute atomic E-state index is 0.0362. The van der Waals surface area contributed by atoms with Crippen molar-refractivity contribution in [1.82, 2.24) is 5.32 Å². The molecule has 0 amide bonds. The van der Waals surface area contributed by atoms with Crippen LogP contribution in [0.2, 0.25) is 0 Å². The molecule has 0 aromatic heterocycles. The molecule has 0 aliphatic heterocycles. The van der Waals surface area contributed by atoms with Crippen LogP contribution in [0.5, 0.6) is 0 Å². The van der Waals surface area contributed by atoms with Gasteiger partial charge in [0.1, 0.15) is 0 Å².